The summed E-state index contributed by atoms with van der Waals surface area (Å²) in [5.41, 5.74) is 6.49. The summed E-state index contributed by atoms with van der Waals surface area (Å²) in [6, 6.07) is 6.40. The second-order valence-electron chi connectivity index (χ2n) is 7.10. The van der Waals surface area contributed by atoms with Crippen molar-refractivity contribution in [2.24, 2.45) is 0 Å². The molecule has 0 atom stereocenters. The van der Waals surface area contributed by atoms with E-state index in [0.717, 1.165) is 40.7 Å². The van der Waals surface area contributed by atoms with Gasteiger partial charge < -0.3 is 10.1 Å². The molecule has 6 heteroatoms. The minimum Gasteiger partial charge on any atom is -0.462 e. The normalized spacial score (nSPS) is 13.2. The summed E-state index contributed by atoms with van der Waals surface area (Å²) < 4.78 is 5.34. The number of ether oxygens (including phenoxy) is 1. The SMILES string of the molecule is CCOC(=O)c1c(Nc2nc(-c3ccc(C)c(C)c3)cs2)sc2c1CCCC2. The molecule has 3 aromatic rings. The number of rotatable bonds is 5. The van der Waals surface area contributed by atoms with Crippen LogP contribution in [-0.4, -0.2) is 17.6 Å². The molecule has 0 saturated heterocycles. The van der Waals surface area contributed by atoms with Crippen molar-refractivity contribution < 1.29 is 9.53 Å². The second kappa shape index (κ2) is 8.05. The Morgan fingerprint density at radius 2 is 2.04 bits per heavy atom. The summed E-state index contributed by atoms with van der Waals surface area (Å²) in [6.07, 6.45) is 4.31. The van der Waals surface area contributed by atoms with Gasteiger partial charge in [0.05, 0.1) is 17.9 Å². The molecule has 0 radical (unpaired) electrons. The molecule has 1 aliphatic carbocycles. The monoisotopic (exact) mass is 412 g/mol. The van der Waals surface area contributed by atoms with Crippen molar-refractivity contribution in [3.63, 3.8) is 0 Å². The molecule has 0 unspecified atom stereocenters. The number of carbonyl (C=O) groups excluding carboxylic acids is 1. The van der Waals surface area contributed by atoms with Crippen molar-refractivity contribution >= 4 is 38.8 Å². The highest BCUT2D eigenvalue weighted by atomic mass is 32.1. The summed E-state index contributed by atoms with van der Waals surface area (Å²) in [7, 11) is 0. The predicted molar refractivity (Wildman–Crippen MR) is 117 cm³/mol. The second-order valence-corrected chi connectivity index (χ2v) is 9.06. The van der Waals surface area contributed by atoms with E-state index in [4.69, 9.17) is 9.72 Å². The van der Waals surface area contributed by atoms with E-state index in [1.165, 1.54) is 28.0 Å². The average Bonchev–Trinajstić information content (AvgIpc) is 3.28. The van der Waals surface area contributed by atoms with E-state index >= 15 is 0 Å². The number of nitrogens with one attached hydrogen (secondary N) is 1. The zero-order valence-corrected chi connectivity index (χ0v) is 18.1. The molecule has 0 aliphatic heterocycles. The lowest BCUT2D eigenvalue weighted by Gasteiger charge is -2.12. The fourth-order valence-electron chi connectivity index (χ4n) is 3.53. The lowest BCUT2D eigenvalue weighted by molar-refractivity contribution is 0.0526. The van der Waals surface area contributed by atoms with Crippen molar-refractivity contribution in [1.82, 2.24) is 4.98 Å². The standard InChI is InChI=1S/C22H24N2O2S2/c1-4-26-21(25)19-16-7-5-6-8-18(16)28-20(19)24-22-23-17(12-27-22)15-10-9-13(2)14(3)11-15/h9-12H,4-8H2,1-3H3,(H,23,24). The van der Waals surface area contributed by atoms with Crippen molar-refractivity contribution in [3.05, 3.63) is 50.7 Å². The Labute approximate surface area is 173 Å². The first-order valence-electron chi connectivity index (χ1n) is 9.68. The lowest BCUT2D eigenvalue weighted by atomic mass is 9.95. The van der Waals surface area contributed by atoms with Gasteiger partial charge in [-0.3, -0.25) is 0 Å². The van der Waals surface area contributed by atoms with E-state index in [-0.39, 0.29) is 5.97 Å². The number of aryl methyl sites for hydroxylation is 3. The molecule has 0 amide bonds. The van der Waals surface area contributed by atoms with Gasteiger partial charge in [-0.05, 0) is 69.2 Å². The Balaban J connectivity index is 1.64. The number of carbonyl (C=O) groups is 1. The highest BCUT2D eigenvalue weighted by Gasteiger charge is 2.26. The minimum absolute atomic E-state index is 0.227. The molecule has 0 saturated carbocycles. The summed E-state index contributed by atoms with van der Waals surface area (Å²) in [5.74, 6) is -0.227. The topological polar surface area (TPSA) is 51.2 Å². The van der Waals surface area contributed by atoms with Crippen LogP contribution in [0.1, 0.15) is 51.7 Å². The summed E-state index contributed by atoms with van der Waals surface area (Å²) >= 11 is 3.24. The van der Waals surface area contributed by atoms with Crippen molar-refractivity contribution in [3.8, 4) is 11.3 Å². The van der Waals surface area contributed by atoms with Crippen LogP contribution < -0.4 is 5.32 Å². The zero-order chi connectivity index (χ0) is 19.7. The number of hydrogen-bond donors (Lipinski definition) is 1. The molecule has 0 spiro atoms. The number of thiazole rings is 1. The Kier molecular flexibility index (Phi) is 5.51. The highest BCUT2D eigenvalue weighted by Crippen LogP contribution is 2.40. The highest BCUT2D eigenvalue weighted by molar-refractivity contribution is 7.18. The molecule has 2 aromatic heterocycles. The minimum atomic E-state index is -0.227. The molecule has 4 nitrogen and oxygen atoms in total. The van der Waals surface area contributed by atoms with Gasteiger partial charge >= 0.3 is 5.97 Å². The van der Waals surface area contributed by atoms with Gasteiger partial charge in [-0.1, -0.05) is 12.1 Å². The molecule has 1 N–H and O–H groups in total. The molecule has 0 bridgehead atoms. The lowest BCUT2D eigenvalue weighted by Crippen LogP contribution is -2.10. The smallest absolute Gasteiger partial charge is 0.341 e. The molecule has 2 heterocycles. The van der Waals surface area contributed by atoms with Gasteiger partial charge in [0.25, 0.3) is 0 Å². The van der Waals surface area contributed by atoms with Gasteiger partial charge in [-0.15, -0.1) is 22.7 Å². The average molecular weight is 413 g/mol. The number of benzene rings is 1. The quantitative estimate of drug-likeness (QED) is 0.501. The zero-order valence-electron chi connectivity index (χ0n) is 16.4. The Morgan fingerprint density at radius 1 is 1.21 bits per heavy atom. The summed E-state index contributed by atoms with van der Waals surface area (Å²) in [6.45, 7) is 6.46. The van der Waals surface area contributed by atoms with Crippen molar-refractivity contribution in [1.29, 1.82) is 0 Å². The summed E-state index contributed by atoms with van der Waals surface area (Å²) in [4.78, 5) is 18.7. The molecule has 146 valence electrons. The van der Waals surface area contributed by atoms with Crippen LogP contribution >= 0.6 is 22.7 Å². The molecule has 4 rings (SSSR count). The fourth-order valence-corrected chi connectivity index (χ4v) is 5.60. The number of aromatic nitrogens is 1. The maximum absolute atomic E-state index is 12.6. The first-order valence-corrected chi connectivity index (χ1v) is 11.4. The summed E-state index contributed by atoms with van der Waals surface area (Å²) in [5, 5.41) is 7.14. The third-order valence-electron chi connectivity index (χ3n) is 5.18. The van der Waals surface area contributed by atoms with Crippen LogP contribution in [-0.2, 0) is 17.6 Å². The first kappa shape index (κ1) is 19.2. The van der Waals surface area contributed by atoms with Gasteiger partial charge in [0, 0.05) is 15.8 Å². The Bertz CT molecular complexity index is 1020. The van der Waals surface area contributed by atoms with Crippen molar-refractivity contribution in [2.75, 3.05) is 11.9 Å². The van der Waals surface area contributed by atoms with E-state index < -0.39 is 0 Å². The molecule has 28 heavy (non-hydrogen) atoms. The van der Waals surface area contributed by atoms with Crippen LogP contribution in [0.15, 0.2) is 23.6 Å². The Morgan fingerprint density at radius 3 is 2.82 bits per heavy atom. The number of esters is 1. The molecule has 0 fully saturated rings. The van der Waals surface area contributed by atoms with Gasteiger partial charge in [0.15, 0.2) is 5.13 Å². The molecular formula is C22H24N2O2S2. The predicted octanol–water partition coefficient (Wildman–Crippen LogP) is 6.29. The number of hydrogen-bond acceptors (Lipinski definition) is 6. The van der Waals surface area contributed by atoms with Gasteiger partial charge in [-0.2, -0.15) is 0 Å². The van der Waals surface area contributed by atoms with Gasteiger partial charge in [-0.25, -0.2) is 9.78 Å². The fraction of sp³-hybridized carbons (Fsp3) is 0.364. The number of thiophene rings is 1. The number of nitrogens with zero attached hydrogens (tertiary/aromatic N) is 1. The van der Waals surface area contributed by atoms with Gasteiger partial charge in [0.2, 0.25) is 0 Å². The molecule has 1 aromatic carbocycles. The van der Waals surface area contributed by atoms with Crippen LogP contribution in [0.5, 0.6) is 0 Å². The van der Waals surface area contributed by atoms with Crippen LogP contribution in [0.3, 0.4) is 0 Å². The van der Waals surface area contributed by atoms with E-state index in [1.807, 2.05) is 6.92 Å². The number of anilines is 2. The molecule has 1 aliphatic rings. The largest absolute Gasteiger partial charge is 0.462 e. The Hall–Kier alpha value is -2.18. The van der Waals surface area contributed by atoms with Crippen molar-refractivity contribution in [2.45, 2.75) is 46.5 Å². The van der Waals surface area contributed by atoms with Gasteiger partial charge in [0.1, 0.15) is 5.00 Å². The third kappa shape index (κ3) is 3.71. The van der Waals surface area contributed by atoms with Crippen LogP contribution in [0.2, 0.25) is 0 Å². The first-order chi connectivity index (χ1) is 13.6. The maximum atomic E-state index is 12.6. The maximum Gasteiger partial charge on any atom is 0.341 e. The van der Waals surface area contributed by atoms with Crippen LogP contribution in [0, 0.1) is 13.8 Å². The van der Waals surface area contributed by atoms with Crippen LogP contribution in [0.25, 0.3) is 11.3 Å². The van der Waals surface area contributed by atoms with Crippen LogP contribution in [0.4, 0.5) is 10.1 Å². The van der Waals surface area contributed by atoms with E-state index in [1.54, 1.807) is 22.7 Å². The van der Waals surface area contributed by atoms with E-state index in [2.05, 4.69) is 42.7 Å². The number of fused-ring (bicyclic) bond motifs is 1. The van der Waals surface area contributed by atoms with E-state index in [9.17, 15) is 4.79 Å². The third-order valence-corrected chi connectivity index (χ3v) is 7.14. The molecular weight excluding hydrogens is 388 g/mol. The van der Waals surface area contributed by atoms with E-state index in [0.29, 0.717) is 12.2 Å².